The highest BCUT2D eigenvalue weighted by Gasteiger charge is 2.26. The van der Waals surface area contributed by atoms with E-state index >= 15 is 0 Å². The number of rotatable bonds is 8. The summed E-state index contributed by atoms with van der Waals surface area (Å²) in [6.45, 7) is 4.88. The summed E-state index contributed by atoms with van der Waals surface area (Å²) in [6, 6.07) is 10.3. The molecule has 0 radical (unpaired) electrons. The first-order valence-corrected chi connectivity index (χ1v) is 9.71. The monoisotopic (exact) mass is 381 g/mol. The summed E-state index contributed by atoms with van der Waals surface area (Å²) in [5.74, 6) is -0.731. The van der Waals surface area contributed by atoms with Gasteiger partial charge in [-0.3, -0.25) is 14.3 Å². The molecule has 2 atom stereocenters. The third-order valence-corrected chi connectivity index (χ3v) is 5.21. The molecule has 0 bridgehead atoms. The Kier molecular flexibility index (Phi) is 6.29. The van der Waals surface area contributed by atoms with Crippen LogP contribution in [-0.2, 0) is 16.1 Å². The molecule has 0 spiro atoms. The lowest BCUT2D eigenvalue weighted by molar-refractivity contribution is -0.137. The molecule has 2 aromatic rings. The number of aryl methyl sites for hydroxylation is 1. The Morgan fingerprint density at radius 2 is 1.93 bits per heavy atom. The molecule has 1 aliphatic carbocycles. The van der Waals surface area contributed by atoms with Gasteiger partial charge in [0.05, 0.1) is 12.2 Å². The normalized spacial score (nSPS) is 18.4. The van der Waals surface area contributed by atoms with Crippen molar-refractivity contribution in [2.45, 2.75) is 58.0 Å². The Labute approximate surface area is 165 Å². The number of amides is 1. The van der Waals surface area contributed by atoms with Gasteiger partial charge in [0.1, 0.15) is 0 Å². The SMILES string of the molecule is Cc1nn(Cc2ccccc2)c(C)c1C1C=CC(NC(=O)CCCC(=O)O)C1. The molecule has 3 rings (SSSR count). The van der Waals surface area contributed by atoms with E-state index in [9.17, 15) is 9.59 Å². The van der Waals surface area contributed by atoms with Crippen LogP contribution >= 0.6 is 0 Å². The summed E-state index contributed by atoms with van der Waals surface area (Å²) >= 11 is 0. The molecule has 6 heteroatoms. The van der Waals surface area contributed by atoms with E-state index in [1.54, 1.807) is 0 Å². The van der Waals surface area contributed by atoms with Gasteiger partial charge >= 0.3 is 5.97 Å². The molecule has 2 unspecified atom stereocenters. The molecule has 0 aliphatic heterocycles. The predicted octanol–water partition coefficient (Wildman–Crippen LogP) is 3.33. The summed E-state index contributed by atoms with van der Waals surface area (Å²) in [4.78, 5) is 22.6. The van der Waals surface area contributed by atoms with Crippen LogP contribution in [0.2, 0.25) is 0 Å². The number of aromatic nitrogens is 2. The van der Waals surface area contributed by atoms with Gasteiger partial charge in [-0.05, 0) is 32.3 Å². The fourth-order valence-electron chi connectivity index (χ4n) is 3.86. The van der Waals surface area contributed by atoms with Crippen LogP contribution in [-0.4, -0.2) is 32.8 Å². The highest BCUT2D eigenvalue weighted by atomic mass is 16.4. The largest absolute Gasteiger partial charge is 0.481 e. The van der Waals surface area contributed by atoms with Crippen molar-refractivity contribution in [1.29, 1.82) is 0 Å². The second-order valence-electron chi connectivity index (χ2n) is 7.38. The van der Waals surface area contributed by atoms with Crippen molar-refractivity contribution in [1.82, 2.24) is 15.1 Å². The van der Waals surface area contributed by atoms with Crippen molar-refractivity contribution >= 4 is 11.9 Å². The quantitative estimate of drug-likeness (QED) is 0.687. The highest BCUT2D eigenvalue weighted by molar-refractivity contribution is 5.77. The molecule has 2 N–H and O–H groups in total. The van der Waals surface area contributed by atoms with Gasteiger partial charge in [0, 0.05) is 36.1 Å². The molecule has 0 saturated carbocycles. The summed E-state index contributed by atoms with van der Waals surface area (Å²) in [5.41, 5.74) is 4.63. The molecule has 1 aromatic carbocycles. The maximum atomic E-state index is 12.0. The second-order valence-corrected chi connectivity index (χ2v) is 7.38. The Bertz CT molecular complexity index is 871. The number of benzene rings is 1. The first-order chi connectivity index (χ1) is 13.4. The van der Waals surface area contributed by atoms with E-state index in [0.717, 1.165) is 24.4 Å². The van der Waals surface area contributed by atoms with Gasteiger partial charge in [-0.2, -0.15) is 5.10 Å². The van der Waals surface area contributed by atoms with E-state index in [1.807, 2.05) is 35.9 Å². The van der Waals surface area contributed by atoms with Crippen LogP contribution in [0.4, 0.5) is 0 Å². The summed E-state index contributed by atoms with van der Waals surface area (Å²) in [6.07, 6.45) is 5.62. The van der Waals surface area contributed by atoms with Crippen LogP contribution in [0, 0.1) is 13.8 Å². The molecule has 0 fully saturated rings. The van der Waals surface area contributed by atoms with E-state index in [1.165, 1.54) is 11.1 Å². The number of carboxylic acids is 1. The van der Waals surface area contributed by atoms with Crippen LogP contribution in [0.1, 0.15) is 54.1 Å². The summed E-state index contributed by atoms with van der Waals surface area (Å²) in [7, 11) is 0. The van der Waals surface area contributed by atoms with Gasteiger partial charge in [0.15, 0.2) is 0 Å². The lowest BCUT2D eigenvalue weighted by atomic mass is 9.96. The lowest BCUT2D eigenvalue weighted by Gasteiger charge is -2.15. The first-order valence-electron chi connectivity index (χ1n) is 9.71. The number of carboxylic acid groups (broad SMARTS) is 1. The van der Waals surface area contributed by atoms with Crippen LogP contribution in [0.5, 0.6) is 0 Å². The number of hydrogen-bond donors (Lipinski definition) is 2. The number of nitrogens with zero attached hydrogens (tertiary/aromatic N) is 2. The topological polar surface area (TPSA) is 84.2 Å². The molecule has 1 aromatic heterocycles. The number of hydrogen-bond acceptors (Lipinski definition) is 3. The first kappa shape index (κ1) is 19.9. The fourth-order valence-corrected chi connectivity index (χ4v) is 3.86. The molecule has 1 aliphatic rings. The maximum absolute atomic E-state index is 12.0. The number of allylic oxidation sites excluding steroid dienone is 1. The van der Waals surface area contributed by atoms with Gasteiger partial charge in [-0.15, -0.1) is 0 Å². The molecule has 1 heterocycles. The molecule has 6 nitrogen and oxygen atoms in total. The van der Waals surface area contributed by atoms with Crippen LogP contribution < -0.4 is 5.32 Å². The van der Waals surface area contributed by atoms with Crippen molar-refractivity contribution < 1.29 is 14.7 Å². The Balaban J connectivity index is 1.60. The number of carbonyl (C=O) groups excluding carboxylic acids is 1. The summed E-state index contributed by atoms with van der Waals surface area (Å²) in [5, 5.41) is 16.4. The van der Waals surface area contributed by atoms with Crippen molar-refractivity contribution in [3.05, 3.63) is 65.0 Å². The van der Waals surface area contributed by atoms with Crippen LogP contribution in [0.3, 0.4) is 0 Å². The average Bonchev–Trinajstić information content (AvgIpc) is 3.19. The van der Waals surface area contributed by atoms with Crippen molar-refractivity contribution in [2.24, 2.45) is 0 Å². The number of carbonyl (C=O) groups is 2. The van der Waals surface area contributed by atoms with Gasteiger partial charge in [-0.25, -0.2) is 0 Å². The number of aliphatic carboxylic acids is 1. The third-order valence-electron chi connectivity index (χ3n) is 5.21. The Hall–Kier alpha value is -2.89. The highest BCUT2D eigenvalue weighted by Crippen LogP contribution is 2.33. The zero-order valence-electron chi connectivity index (χ0n) is 16.4. The van der Waals surface area contributed by atoms with Gasteiger partial charge < -0.3 is 10.4 Å². The summed E-state index contributed by atoms with van der Waals surface area (Å²) < 4.78 is 2.05. The van der Waals surface area contributed by atoms with Crippen LogP contribution in [0.25, 0.3) is 0 Å². The van der Waals surface area contributed by atoms with E-state index < -0.39 is 5.97 Å². The minimum absolute atomic E-state index is 0.0152. The molecular formula is C22H27N3O3. The maximum Gasteiger partial charge on any atom is 0.303 e. The Morgan fingerprint density at radius 1 is 1.18 bits per heavy atom. The lowest BCUT2D eigenvalue weighted by Crippen LogP contribution is -2.32. The van der Waals surface area contributed by atoms with Gasteiger partial charge in [0.2, 0.25) is 5.91 Å². The van der Waals surface area contributed by atoms with Gasteiger partial charge in [0.25, 0.3) is 0 Å². The smallest absolute Gasteiger partial charge is 0.303 e. The second kappa shape index (κ2) is 8.87. The minimum Gasteiger partial charge on any atom is -0.481 e. The van der Waals surface area contributed by atoms with E-state index in [0.29, 0.717) is 6.42 Å². The molecule has 0 saturated heterocycles. The molecular weight excluding hydrogens is 354 g/mol. The number of nitrogens with one attached hydrogen (secondary N) is 1. The Morgan fingerprint density at radius 3 is 2.64 bits per heavy atom. The van der Waals surface area contributed by atoms with E-state index in [4.69, 9.17) is 10.2 Å². The van der Waals surface area contributed by atoms with Crippen molar-refractivity contribution in [3.63, 3.8) is 0 Å². The minimum atomic E-state index is -0.868. The zero-order chi connectivity index (χ0) is 20.1. The zero-order valence-corrected chi connectivity index (χ0v) is 16.4. The van der Waals surface area contributed by atoms with Crippen LogP contribution in [0.15, 0.2) is 42.5 Å². The molecule has 148 valence electrons. The molecule has 28 heavy (non-hydrogen) atoms. The van der Waals surface area contributed by atoms with Crippen molar-refractivity contribution in [2.75, 3.05) is 0 Å². The fraction of sp³-hybridized carbons (Fsp3) is 0.409. The third kappa shape index (κ3) is 4.88. The van der Waals surface area contributed by atoms with E-state index in [2.05, 4.69) is 30.4 Å². The average molecular weight is 381 g/mol. The van der Waals surface area contributed by atoms with E-state index in [-0.39, 0.29) is 30.7 Å². The molecule has 1 amide bonds. The standard InChI is InChI=1S/C22H27N3O3/c1-15-22(16(2)25(24-15)14-17-7-4-3-5-8-17)18-11-12-19(13-18)23-20(26)9-6-10-21(27)28/h3-5,7-8,11-12,18-19H,6,9-10,13-14H2,1-2H3,(H,23,26)(H,27,28). The van der Waals surface area contributed by atoms with Crippen molar-refractivity contribution in [3.8, 4) is 0 Å². The van der Waals surface area contributed by atoms with Gasteiger partial charge in [-0.1, -0.05) is 42.5 Å². The predicted molar refractivity (Wildman–Crippen MR) is 107 cm³/mol.